The Labute approximate surface area is 273 Å². The van der Waals surface area contributed by atoms with Crippen molar-refractivity contribution in [3.05, 3.63) is 87.8 Å². The lowest BCUT2D eigenvalue weighted by molar-refractivity contribution is -0.119. The molecule has 1 atom stereocenters. The Morgan fingerprint density at radius 1 is 1.09 bits per heavy atom. The van der Waals surface area contributed by atoms with Crippen molar-refractivity contribution in [1.82, 2.24) is 30.9 Å². The van der Waals surface area contributed by atoms with Gasteiger partial charge in [-0.3, -0.25) is 19.6 Å². The molecule has 1 aliphatic rings. The largest absolute Gasteiger partial charge is 0.481 e. The Bertz CT molecular complexity index is 1730. The molecule has 5 rings (SSSR count). The molecule has 1 fully saturated rings. The maximum Gasteiger partial charge on any atom is 0.274 e. The van der Waals surface area contributed by atoms with Crippen molar-refractivity contribution in [1.29, 1.82) is 0 Å². The van der Waals surface area contributed by atoms with Crippen molar-refractivity contribution in [2.24, 2.45) is 0 Å². The highest BCUT2D eigenvalue weighted by Crippen LogP contribution is 2.38. The van der Waals surface area contributed by atoms with Gasteiger partial charge in [0.25, 0.3) is 5.91 Å². The predicted molar refractivity (Wildman–Crippen MR) is 178 cm³/mol. The number of aliphatic hydroxyl groups is 1. The van der Waals surface area contributed by atoms with E-state index in [9.17, 15) is 9.59 Å². The lowest BCUT2D eigenvalue weighted by atomic mass is 10.0. The molecule has 0 bridgehead atoms. The van der Waals surface area contributed by atoms with Gasteiger partial charge >= 0.3 is 0 Å². The molecule has 1 aromatic carbocycles. The number of rotatable bonds is 13. The number of amides is 2. The Kier molecular flexibility index (Phi) is 10.9. The fraction of sp³-hybridized carbons (Fsp3) is 0.324. The minimum absolute atomic E-state index is 0.0535. The molecule has 1 aliphatic heterocycles. The molecule has 0 radical (unpaired) electrons. The van der Waals surface area contributed by atoms with Crippen LogP contribution >= 0.6 is 11.6 Å². The Balaban J connectivity index is 1.33. The summed E-state index contributed by atoms with van der Waals surface area (Å²) in [4.78, 5) is 38.3. The second-order valence-electron chi connectivity index (χ2n) is 11.1. The summed E-state index contributed by atoms with van der Waals surface area (Å²) < 4.78 is 5.61. The van der Waals surface area contributed by atoms with E-state index >= 15 is 0 Å². The van der Waals surface area contributed by atoms with Crippen molar-refractivity contribution in [3.63, 3.8) is 0 Å². The van der Waals surface area contributed by atoms with Gasteiger partial charge in [0.15, 0.2) is 0 Å². The molecular formula is C34H38ClN7O4. The number of aliphatic hydroxyl groups excluding tert-OH is 1. The molecule has 4 aromatic rings. The fourth-order valence-electron chi connectivity index (χ4n) is 5.38. The van der Waals surface area contributed by atoms with E-state index in [0.717, 1.165) is 34.2 Å². The van der Waals surface area contributed by atoms with E-state index in [1.54, 1.807) is 25.6 Å². The summed E-state index contributed by atoms with van der Waals surface area (Å²) in [5.74, 6) is 0.243. The maximum atomic E-state index is 13.2. The normalized spacial score (nSPS) is 14.3. The third kappa shape index (κ3) is 7.68. The van der Waals surface area contributed by atoms with E-state index in [-0.39, 0.29) is 24.5 Å². The summed E-state index contributed by atoms with van der Waals surface area (Å²) in [7, 11) is 1.58. The van der Waals surface area contributed by atoms with Gasteiger partial charge in [0, 0.05) is 73.4 Å². The molecule has 3 aromatic heterocycles. The number of hydrogen-bond acceptors (Lipinski definition) is 9. The van der Waals surface area contributed by atoms with Gasteiger partial charge < -0.3 is 31.1 Å². The molecule has 240 valence electrons. The molecule has 4 heterocycles. The summed E-state index contributed by atoms with van der Waals surface area (Å²) in [5, 5.41) is 21.9. The summed E-state index contributed by atoms with van der Waals surface area (Å²) in [6, 6.07) is 13.1. The van der Waals surface area contributed by atoms with Crippen molar-refractivity contribution in [3.8, 4) is 28.4 Å². The quantitative estimate of drug-likeness (QED) is 0.135. The zero-order valence-electron chi connectivity index (χ0n) is 26.1. The molecule has 0 unspecified atom stereocenters. The second kappa shape index (κ2) is 15.2. The summed E-state index contributed by atoms with van der Waals surface area (Å²) >= 11 is 6.98. The molecule has 2 amide bonds. The number of aryl methyl sites for hydroxylation is 1. The first kappa shape index (κ1) is 33.0. The van der Waals surface area contributed by atoms with Crippen LogP contribution in [0.4, 0.5) is 5.69 Å². The highest BCUT2D eigenvalue weighted by atomic mass is 35.5. The number of benzene rings is 1. The maximum absolute atomic E-state index is 13.2. The number of halogens is 1. The van der Waals surface area contributed by atoms with Crippen molar-refractivity contribution < 1.29 is 19.4 Å². The number of nitrogens with zero attached hydrogens (tertiary/aromatic N) is 3. The number of methoxy groups -OCH3 is 1. The molecule has 5 N–H and O–H groups in total. The lowest BCUT2D eigenvalue weighted by Gasteiger charge is -2.16. The van der Waals surface area contributed by atoms with Gasteiger partial charge in [0.05, 0.1) is 30.1 Å². The number of ether oxygens (including phenoxy) is 1. The second-order valence-corrected chi connectivity index (χ2v) is 11.5. The number of nitrogens with one attached hydrogen (secondary N) is 4. The zero-order valence-corrected chi connectivity index (χ0v) is 26.9. The first-order valence-electron chi connectivity index (χ1n) is 15.2. The first-order valence-corrected chi connectivity index (χ1v) is 15.5. The number of pyridine rings is 3. The van der Waals surface area contributed by atoms with Crippen LogP contribution in [0.2, 0.25) is 5.02 Å². The van der Waals surface area contributed by atoms with Crippen LogP contribution in [-0.4, -0.2) is 64.7 Å². The molecular weight excluding hydrogens is 606 g/mol. The number of aromatic nitrogens is 3. The minimum atomic E-state index is -0.329. The van der Waals surface area contributed by atoms with E-state index in [4.69, 9.17) is 26.4 Å². The Morgan fingerprint density at radius 2 is 1.91 bits per heavy atom. The number of carbonyl (C=O) groups excluding carboxylic acids is 2. The fourth-order valence-corrected chi connectivity index (χ4v) is 5.69. The standard InChI is InChI=1S/C34H38ClN7O4/c1-20-15-29(39-18-23(20)17-36-13-14-43)33(45)41-27-6-4-5-25(21(27)2)32-31(35)26(11-12-38-32)28-9-7-22(34(42-28)46-3)16-37-19-24-8-10-30(44)40-24/h4-7,9,11-12,15,18,24,36-37,43H,8,10,13-14,16-17,19H2,1-3H3,(H,40,44)(H,41,45)/t24-/m1/s1. The van der Waals surface area contributed by atoms with Crippen molar-refractivity contribution in [2.75, 3.05) is 32.1 Å². The van der Waals surface area contributed by atoms with E-state index in [2.05, 4.69) is 31.2 Å². The van der Waals surface area contributed by atoms with E-state index < -0.39 is 0 Å². The lowest BCUT2D eigenvalue weighted by Crippen LogP contribution is -2.35. The molecule has 0 aliphatic carbocycles. The van der Waals surface area contributed by atoms with E-state index in [1.165, 1.54) is 0 Å². The van der Waals surface area contributed by atoms with Crippen LogP contribution in [0.5, 0.6) is 5.88 Å². The Hall–Kier alpha value is -4.42. The Morgan fingerprint density at radius 3 is 2.65 bits per heavy atom. The number of anilines is 1. The van der Waals surface area contributed by atoms with Crippen LogP contribution in [0.1, 0.15) is 45.6 Å². The van der Waals surface area contributed by atoms with Crippen LogP contribution in [0, 0.1) is 13.8 Å². The van der Waals surface area contributed by atoms with Gasteiger partial charge in [-0.05, 0) is 61.2 Å². The van der Waals surface area contributed by atoms with E-state index in [1.807, 2.05) is 50.2 Å². The van der Waals surface area contributed by atoms with Crippen molar-refractivity contribution in [2.45, 2.75) is 45.8 Å². The van der Waals surface area contributed by atoms with Gasteiger partial charge in [-0.1, -0.05) is 29.8 Å². The van der Waals surface area contributed by atoms with E-state index in [0.29, 0.717) is 71.8 Å². The SMILES string of the molecule is COc1nc(-c2ccnc(-c3cccc(NC(=O)c4cc(C)c(CNCCO)cn4)c3C)c2Cl)ccc1CNC[C@H]1CCC(=O)N1. The molecule has 12 heteroatoms. The smallest absolute Gasteiger partial charge is 0.274 e. The third-order valence-corrected chi connectivity index (χ3v) is 8.36. The summed E-state index contributed by atoms with van der Waals surface area (Å²) in [6.07, 6.45) is 4.76. The van der Waals surface area contributed by atoms with Gasteiger partial charge in [-0.25, -0.2) is 4.98 Å². The van der Waals surface area contributed by atoms with Crippen LogP contribution in [0.15, 0.2) is 54.9 Å². The summed E-state index contributed by atoms with van der Waals surface area (Å²) in [6.45, 7) is 6.13. The average molecular weight is 644 g/mol. The summed E-state index contributed by atoms with van der Waals surface area (Å²) in [5.41, 5.74) is 7.15. The predicted octanol–water partition coefficient (Wildman–Crippen LogP) is 4.19. The molecule has 0 spiro atoms. The minimum Gasteiger partial charge on any atom is -0.481 e. The molecule has 0 saturated carbocycles. The van der Waals surface area contributed by atoms with Crippen LogP contribution in [0.25, 0.3) is 22.5 Å². The van der Waals surface area contributed by atoms with Crippen LogP contribution < -0.4 is 26.0 Å². The van der Waals surface area contributed by atoms with Gasteiger partial charge in [0.2, 0.25) is 11.8 Å². The van der Waals surface area contributed by atoms with Gasteiger partial charge in [-0.15, -0.1) is 0 Å². The monoisotopic (exact) mass is 643 g/mol. The zero-order chi connectivity index (χ0) is 32.6. The van der Waals surface area contributed by atoms with Crippen molar-refractivity contribution >= 4 is 29.1 Å². The average Bonchev–Trinajstić information content (AvgIpc) is 3.48. The molecule has 11 nitrogen and oxygen atoms in total. The molecule has 46 heavy (non-hydrogen) atoms. The number of hydrogen-bond donors (Lipinski definition) is 5. The van der Waals surface area contributed by atoms with Gasteiger partial charge in [-0.2, -0.15) is 0 Å². The van der Waals surface area contributed by atoms with Crippen LogP contribution in [-0.2, 0) is 17.9 Å². The number of carbonyl (C=O) groups is 2. The first-order chi connectivity index (χ1) is 22.3. The molecule has 1 saturated heterocycles. The third-order valence-electron chi connectivity index (χ3n) is 7.98. The topological polar surface area (TPSA) is 150 Å². The highest BCUT2D eigenvalue weighted by Gasteiger charge is 2.21. The highest BCUT2D eigenvalue weighted by molar-refractivity contribution is 6.35. The van der Waals surface area contributed by atoms with Crippen LogP contribution in [0.3, 0.4) is 0 Å². The van der Waals surface area contributed by atoms with Gasteiger partial charge in [0.1, 0.15) is 5.69 Å².